The molecule has 0 amide bonds. The Morgan fingerprint density at radius 3 is 2.03 bits per heavy atom. The highest BCUT2D eigenvalue weighted by molar-refractivity contribution is 5.85. The van der Waals surface area contributed by atoms with Crippen LogP contribution in [0.5, 0.6) is 0 Å². The molecule has 4 aromatic carbocycles. The number of para-hydroxylation sites is 2. The molecule has 0 fully saturated rings. The maximum Gasteiger partial charge on any atom is 0.140 e. The smallest absolute Gasteiger partial charge is 0.140 e. The summed E-state index contributed by atoms with van der Waals surface area (Å²) >= 11 is 0. The molecule has 172 valence electrons. The SMILES string of the molecule is Cc1cccc2c1-c1ccccc1C2(O)C1=C(N(c2ccccc2)c2ccccc2)C=CC(C)C1. The number of aliphatic hydroxyl groups is 1. The molecule has 4 aromatic rings. The summed E-state index contributed by atoms with van der Waals surface area (Å²) in [5, 5.41) is 12.9. The first kappa shape index (κ1) is 21.6. The van der Waals surface area contributed by atoms with E-state index in [1.165, 1.54) is 5.56 Å². The summed E-state index contributed by atoms with van der Waals surface area (Å²) in [4.78, 5) is 2.28. The predicted molar refractivity (Wildman–Crippen MR) is 145 cm³/mol. The first-order valence-corrected chi connectivity index (χ1v) is 12.3. The second-order valence-electron chi connectivity index (χ2n) is 9.66. The van der Waals surface area contributed by atoms with Crippen LogP contribution in [0, 0.1) is 12.8 Å². The fourth-order valence-corrected chi connectivity index (χ4v) is 5.79. The lowest BCUT2D eigenvalue weighted by Gasteiger charge is -2.38. The Morgan fingerprint density at radius 2 is 1.34 bits per heavy atom. The van der Waals surface area contributed by atoms with Crippen LogP contribution in [-0.2, 0) is 5.60 Å². The zero-order valence-electron chi connectivity index (χ0n) is 20.1. The molecule has 0 saturated carbocycles. The van der Waals surface area contributed by atoms with Crippen LogP contribution in [0.15, 0.2) is 127 Å². The summed E-state index contributed by atoms with van der Waals surface area (Å²) in [6, 6.07) is 35.6. The molecule has 0 spiro atoms. The molecule has 2 unspecified atom stereocenters. The number of aryl methyl sites for hydroxylation is 1. The molecule has 0 radical (unpaired) electrons. The lowest BCUT2D eigenvalue weighted by molar-refractivity contribution is 0.118. The number of benzene rings is 4. The highest BCUT2D eigenvalue weighted by Crippen LogP contribution is 2.55. The number of nitrogens with zero attached hydrogens (tertiary/aromatic N) is 1. The molecule has 2 nitrogen and oxygen atoms in total. The van der Waals surface area contributed by atoms with E-state index in [2.05, 4.69) is 116 Å². The Kier molecular flexibility index (Phi) is 5.20. The van der Waals surface area contributed by atoms with Crippen molar-refractivity contribution >= 4 is 11.4 Å². The Morgan fingerprint density at radius 1 is 0.743 bits per heavy atom. The van der Waals surface area contributed by atoms with Gasteiger partial charge in [0.05, 0.1) is 0 Å². The molecule has 0 heterocycles. The van der Waals surface area contributed by atoms with Gasteiger partial charge in [-0.05, 0) is 71.9 Å². The van der Waals surface area contributed by atoms with Crippen molar-refractivity contribution in [1.82, 2.24) is 0 Å². The third kappa shape index (κ3) is 3.37. The maximum absolute atomic E-state index is 12.9. The number of allylic oxidation sites excluding steroid dienone is 2. The average molecular weight is 456 g/mol. The third-order valence-electron chi connectivity index (χ3n) is 7.37. The Bertz CT molecular complexity index is 1410. The second kappa shape index (κ2) is 8.41. The van der Waals surface area contributed by atoms with Crippen LogP contribution < -0.4 is 4.90 Å². The Labute approximate surface area is 207 Å². The van der Waals surface area contributed by atoms with E-state index in [4.69, 9.17) is 0 Å². The van der Waals surface area contributed by atoms with Crippen LogP contribution in [0.25, 0.3) is 11.1 Å². The van der Waals surface area contributed by atoms with Gasteiger partial charge in [-0.1, -0.05) is 91.9 Å². The summed E-state index contributed by atoms with van der Waals surface area (Å²) in [5.74, 6) is 0.326. The van der Waals surface area contributed by atoms with Crippen molar-refractivity contribution in [2.75, 3.05) is 4.90 Å². The molecule has 0 saturated heterocycles. The number of hydrogen-bond acceptors (Lipinski definition) is 2. The zero-order valence-corrected chi connectivity index (χ0v) is 20.1. The van der Waals surface area contributed by atoms with Crippen molar-refractivity contribution in [2.45, 2.75) is 25.9 Å². The van der Waals surface area contributed by atoms with Gasteiger partial charge in [0.1, 0.15) is 5.60 Å². The van der Waals surface area contributed by atoms with E-state index < -0.39 is 5.60 Å². The lowest BCUT2D eigenvalue weighted by Crippen LogP contribution is -2.33. The van der Waals surface area contributed by atoms with Gasteiger partial charge in [-0.2, -0.15) is 0 Å². The van der Waals surface area contributed by atoms with Gasteiger partial charge in [0.2, 0.25) is 0 Å². The van der Waals surface area contributed by atoms with Crippen LogP contribution in [0.4, 0.5) is 11.4 Å². The van der Waals surface area contributed by atoms with Gasteiger partial charge < -0.3 is 10.0 Å². The molecule has 2 heteroatoms. The largest absolute Gasteiger partial charge is 0.376 e. The molecule has 2 atom stereocenters. The van der Waals surface area contributed by atoms with E-state index in [-0.39, 0.29) is 0 Å². The topological polar surface area (TPSA) is 23.5 Å². The third-order valence-corrected chi connectivity index (χ3v) is 7.37. The molecular weight excluding hydrogens is 426 g/mol. The van der Waals surface area contributed by atoms with Gasteiger partial charge >= 0.3 is 0 Å². The van der Waals surface area contributed by atoms with E-state index >= 15 is 0 Å². The summed E-state index contributed by atoms with van der Waals surface area (Å²) in [5.41, 5.74) is 8.45. The predicted octanol–water partition coefficient (Wildman–Crippen LogP) is 7.90. The van der Waals surface area contributed by atoms with Gasteiger partial charge in [0, 0.05) is 28.2 Å². The molecule has 35 heavy (non-hydrogen) atoms. The number of fused-ring (bicyclic) bond motifs is 3. The first-order valence-electron chi connectivity index (χ1n) is 12.3. The van der Waals surface area contributed by atoms with Crippen molar-refractivity contribution < 1.29 is 5.11 Å². The normalized spacial score (nSPS) is 20.5. The minimum Gasteiger partial charge on any atom is -0.376 e. The summed E-state index contributed by atoms with van der Waals surface area (Å²) in [6.07, 6.45) is 5.25. The molecule has 0 aromatic heterocycles. The summed E-state index contributed by atoms with van der Waals surface area (Å²) < 4.78 is 0. The van der Waals surface area contributed by atoms with Crippen molar-refractivity contribution in [1.29, 1.82) is 0 Å². The minimum atomic E-state index is -1.20. The molecule has 0 bridgehead atoms. The average Bonchev–Trinajstić information content (AvgIpc) is 3.17. The number of anilines is 2. The fraction of sp³-hybridized carbons (Fsp3) is 0.152. The Hall–Kier alpha value is -3.88. The monoisotopic (exact) mass is 455 g/mol. The van der Waals surface area contributed by atoms with E-state index in [0.29, 0.717) is 5.92 Å². The zero-order chi connectivity index (χ0) is 24.0. The molecule has 0 aliphatic heterocycles. The van der Waals surface area contributed by atoms with Crippen molar-refractivity contribution in [3.8, 4) is 11.1 Å². The summed E-state index contributed by atoms with van der Waals surface area (Å²) in [7, 11) is 0. The maximum atomic E-state index is 12.9. The van der Waals surface area contributed by atoms with Gasteiger partial charge in [-0.15, -0.1) is 0 Å². The van der Waals surface area contributed by atoms with Gasteiger partial charge in [-0.25, -0.2) is 0 Å². The van der Waals surface area contributed by atoms with E-state index in [1.807, 2.05) is 18.2 Å². The lowest BCUT2D eigenvalue weighted by atomic mass is 9.76. The minimum absolute atomic E-state index is 0.326. The van der Waals surface area contributed by atoms with Crippen LogP contribution in [-0.4, -0.2) is 5.11 Å². The molecule has 2 aliphatic rings. The van der Waals surface area contributed by atoms with E-state index in [1.54, 1.807) is 0 Å². The van der Waals surface area contributed by atoms with Gasteiger partial charge in [0.25, 0.3) is 0 Å². The highest BCUT2D eigenvalue weighted by atomic mass is 16.3. The van der Waals surface area contributed by atoms with Crippen LogP contribution >= 0.6 is 0 Å². The molecular formula is C33H29NO. The molecule has 1 N–H and O–H groups in total. The van der Waals surface area contributed by atoms with Crippen molar-refractivity contribution in [3.63, 3.8) is 0 Å². The number of rotatable bonds is 4. The van der Waals surface area contributed by atoms with E-state index in [9.17, 15) is 5.11 Å². The van der Waals surface area contributed by atoms with Gasteiger partial charge in [-0.3, -0.25) is 0 Å². The summed E-state index contributed by atoms with van der Waals surface area (Å²) in [6.45, 7) is 4.37. The van der Waals surface area contributed by atoms with Crippen molar-refractivity contribution in [2.24, 2.45) is 5.92 Å². The molecule has 6 rings (SSSR count). The van der Waals surface area contributed by atoms with Gasteiger partial charge in [0.15, 0.2) is 0 Å². The van der Waals surface area contributed by atoms with Crippen LogP contribution in [0.2, 0.25) is 0 Å². The second-order valence-corrected chi connectivity index (χ2v) is 9.66. The standard InChI is InChI=1S/C33H29NO/c1-23-20-21-31(34(25-13-5-3-6-14-25)26-15-7-4-8-16-26)30(22-23)33(35)28-18-10-9-17-27(28)32-24(2)12-11-19-29(32)33/h3-21,23,35H,22H2,1-2H3. The highest BCUT2D eigenvalue weighted by Gasteiger charge is 2.47. The quantitative estimate of drug-likeness (QED) is 0.338. The van der Waals surface area contributed by atoms with E-state index in [0.717, 1.165) is 51.3 Å². The Balaban J connectivity index is 1.67. The first-order chi connectivity index (χ1) is 17.1. The number of hydrogen-bond donors (Lipinski definition) is 1. The fourth-order valence-electron chi connectivity index (χ4n) is 5.79. The van der Waals surface area contributed by atoms with Crippen molar-refractivity contribution in [3.05, 3.63) is 143 Å². The molecule has 2 aliphatic carbocycles. The van der Waals surface area contributed by atoms with Crippen LogP contribution in [0.1, 0.15) is 30.0 Å². The van der Waals surface area contributed by atoms with Crippen LogP contribution in [0.3, 0.4) is 0 Å².